The van der Waals surface area contributed by atoms with Gasteiger partial charge in [-0.2, -0.15) is 0 Å². The minimum atomic E-state index is 0.0629. The van der Waals surface area contributed by atoms with Gasteiger partial charge in [-0.15, -0.1) is 11.3 Å². The molecule has 0 radical (unpaired) electrons. The quantitative estimate of drug-likeness (QED) is 0.850. The first-order valence-corrected chi connectivity index (χ1v) is 9.07. The number of amides is 1. The summed E-state index contributed by atoms with van der Waals surface area (Å²) in [6.07, 6.45) is 2.55. The fourth-order valence-electron chi connectivity index (χ4n) is 2.98. The fraction of sp³-hybridized carbons (Fsp3) is 0.389. The maximum absolute atomic E-state index is 12.2. The van der Waals surface area contributed by atoms with Crippen molar-refractivity contribution in [1.82, 2.24) is 0 Å². The average Bonchev–Trinajstić information content (AvgIpc) is 3.20. The topological polar surface area (TPSA) is 36.8 Å². The Balaban J connectivity index is 1.49. The Morgan fingerprint density at radius 1 is 1.22 bits per heavy atom. The van der Waals surface area contributed by atoms with Gasteiger partial charge in [0.25, 0.3) is 5.91 Å². The Bertz CT molecular complexity index is 618. The third kappa shape index (κ3) is 4.56. The number of carbonyl (C=O) groups excluding carboxylic acids is 1. The van der Waals surface area contributed by atoms with Crippen molar-refractivity contribution in [3.05, 3.63) is 46.7 Å². The molecule has 1 amide bonds. The van der Waals surface area contributed by atoms with Crippen LogP contribution in [0, 0.1) is 0 Å². The van der Waals surface area contributed by atoms with Crippen LogP contribution in [0.1, 0.15) is 17.7 Å². The first-order chi connectivity index (χ1) is 11.2. The van der Waals surface area contributed by atoms with E-state index in [1.165, 1.54) is 28.3 Å². The number of hydrogen-bond acceptors (Lipinski definition) is 3. The summed E-state index contributed by atoms with van der Waals surface area (Å²) in [4.78, 5) is 17.1. The van der Waals surface area contributed by atoms with Gasteiger partial charge in [-0.05, 0) is 48.6 Å². The number of nitrogens with zero attached hydrogens (tertiary/aromatic N) is 1. The molecule has 0 spiro atoms. The monoisotopic (exact) mass is 330 g/mol. The molecule has 0 bridgehead atoms. The minimum Gasteiger partial charge on any atom is -0.372 e. The fourth-order valence-corrected chi connectivity index (χ4v) is 3.80. The van der Waals surface area contributed by atoms with E-state index in [-0.39, 0.29) is 5.91 Å². The molecule has 122 valence electrons. The number of benzene rings is 1. The van der Waals surface area contributed by atoms with Crippen LogP contribution in [0.2, 0.25) is 0 Å². The molecule has 0 aliphatic carbocycles. The van der Waals surface area contributed by atoms with E-state index in [2.05, 4.69) is 46.9 Å². The second-order valence-electron chi connectivity index (χ2n) is 6.18. The van der Waals surface area contributed by atoms with Crippen molar-refractivity contribution in [2.45, 2.75) is 19.4 Å². The first-order valence-electron chi connectivity index (χ1n) is 8.19. The molecular weight excluding hydrogens is 306 g/mol. The zero-order valence-corrected chi connectivity index (χ0v) is 14.4. The maximum atomic E-state index is 12.2. The van der Waals surface area contributed by atoms with Gasteiger partial charge in [-0.3, -0.25) is 4.79 Å². The van der Waals surface area contributed by atoms with E-state index in [9.17, 15) is 4.79 Å². The summed E-state index contributed by atoms with van der Waals surface area (Å²) in [5.41, 5.74) is 2.13. The zero-order valence-electron chi connectivity index (χ0n) is 13.5. The Morgan fingerprint density at radius 2 is 1.96 bits per heavy atom. The zero-order chi connectivity index (χ0) is 16.1. The van der Waals surface area contributed by atoms with Crippen molar-refractivity contribution in [1.29, 1.82) is 0 Å². The molecule has 1 aliphatic rings. The van der Waals surface area contributed by atoms with Crippen LogP contribution in [-0.4, -0.2) is 32.6 Å². The minimum absolute atomic E-state index is 0.0629. The van der Waals surface area contributed by atoms with Crippen LogP contribution < -0.4 is 15.1 Å². The van der Waals surface area contributed by atoms with Crippen LogP contribution in [0.25, 0.3) is 0 Å². The highest BCUT2D eigenvalue weighted by Crippen LogP contribution is 2.21. The van der Waals surface area contributed by atoms with Gasteiger partial charge in [-0.1, -0.05) is 6.07 Å². The number of anilines is 2. The molecule has 3 rings (SSSR count). The molecule has 23 heavy (non-hydrogen) atoms. The second-order valence-corrected chi connectivity index (χ2v) is 7.21. The third-order valence-electron chi connectivity index (χ3n) is 4.14. The summed E-state index contributed by atoms with van der Waals surface area (Å²) in [5, 5.41) is 5.07. The molecule has 1 saturated heterocycles. The largest absolute Gasteiger partial charge is 0.372 e. The van der Waals surface area contributed by atoms with Gasteiger partial charge in [0.05, 0.1) is 11.9 Å². The number of nitrogens with one attached hydrogen (secondary N) is 2. The molecular formula is C18H24N3OS+. The lowest BCUT2D eigenvalue weighted by Crippen LogP contribution is -3.08. The van der Waals surface area contributed by atoms with Crippen molar-refractivity contribution in [2.24, 2.45) is 0 Å². The van der Waals surface area contributed by atoms with Gasteiger partial charge in [0.2, 0.25) is 0 Å². The number of rotatable bonds is 6. The molecule has 2 N–H and O–H groups in total. The SMILES string of the molecule is C[NH+](CC(=O)Nc1ccc(N2CCCC2)cc1)Cc1cccs1. The van der Waals surface area contributed by atoms with E-state index in [4.69, 9.17) is 0 Å². The lowest BCUT2D eigenvalue weighted by atomic mass is 10.2. The van der Waals surface area contributed by atoms with E-state index in [0.717, 1.165) is 25.3 Å². The molecule has 1 aromatic carbocycles. The lowest BCUT2D eigenvalue weighted by Gasteiger charge is -2.18. The van der Waals surface area contributed by atoms with Gasteiger partial charge in [-0.25, -0.2) is 0 Å². The van der Waals surface area contributed by atoms with Crippen LogP contribution in [-0.2, 0) is 11.3 Å². The van der Waals surface area contributed by atoms with Crippen molar-refractivity contribution in [3.63, 3.8) is 0 Å². The van der Waals surface area contributed by atoms with Gasteiger partial charge >= 0.3 is 0 Å². The van der Waals surface area contributed by atoms with E-state index in [1.54, 1.807) is 11.3 Å². The average molecular weight is 330 g/mol. The third-order valence-corrected chi connectivity index (χ3v) is 5.02. The highest BCUT2D eigenvalue weighted by atomic mass is 32.1. The van der Waals surface area contributed by atoms with Gasteiger partial charge in [0.1, 0.15) is 6.54 Å². The molecule has 0 saturated carbocycles. The highest BCUT2D eigenvalue weighted by molar-refractivity contribution is 7.09. The summed E-state index contributed by atoms with van der Waals surface area (Å²) in [5.74, 6) is 0.0629. The van der Waals surface area contributed by atoms with Crippen LogP contribution in [0.5, 0.6) is 0 Å². The first kappa shape index (κ1) is 16.0. The van der Waals surface area contributed by atoms with E-state index in [1.807, 2.05) is 12.1 Å². The lowest BCUT2D eigenvalue weighted by molar-refractivity contribution is -0.884. The summed E-state index contributed by atoms with van der Waals surface area (Å²) in [7, 11) is 2.05. The number of likely N-dealkylation sites (N-methyl/N-ethyl adjacent to an activating group) is 1. The van der Waals surface area contributed by atoms with Crippen LogP contribution in [0.3, 0.4) is 0 Å². The van der Waals surface area contributed by atoms with Gasteiger partial charge < -0.3 is 15.1 Å². The van der Waals surface area contributed by atoms with E-state index < -0.39 is 0 Å². The van der Waals surface area contributed by atoms with Crippen molar-refractivity contribution >= 4 is 28.6 Å². The summed E-state index contributed by atoms with van der Waals surface area (Å²) < 4.78 is 0. The predicted octanol–water partition coefficient (Wildman–Crippen LogP) is 2.00. The number of quaternary nitrogens is 1. The molecule has 1 aromatic heterocycles. The summed E-state index contributed by atoms with van der Waals surface area (Å²) in [6, 6.07) is 12.4. The maximum Gasteiger partial charge on any atom is 0.279 e. The predicted molar refractivity (Wildman–Crippen MR) is 96.3 cm³/mol. The Labute approximate surface area is 141 Å². The molecule has 2 heterocycles. The smallest absolute Gasteiger partial charge is 0.279 e. The summed E-state index contributed by atoms with van der Waals surface area (Å²) >= 11 is 1.74. The van der Waals surface area contributed by atoms with Crippen LogP contribution in [0.15, 0.2) is 41.8 Å². The molecule has 5 heteroatoms. The van der Waals surface area contributed by atoms with Crippen molar-refractivity contribution < 1.29 is 9.69 Å². The molecule has 2 aromatic rings. The normalized spacial score (nSPS) is 15.6. The van der Waals surface area contributed by atoms with Crippen LogP contribution >= 0.6 is 11.3 Å². The molecule has 1 atom stereocenters. The van der Waals surface area contributed by atoms with E-state index in [0.29, 0.717) is 6.54 Å². The molecule has 4 nitrogen and oxygen atoms in total. The molecule has 1 fully saturated rings. The van der Waals surface area contributed by atoms with Crippen LogP contribution in [0.4, 0.5) is 11.4 Å². The standard InChI is InChI=1S/C18H23N3OS/c1-20(13-17-5-4-12-23-17)14-18(22)19-15-6-8-16(9-7-15)21-10-2-3-11-21/h4-9,12H,2-3,10-11,13-14H2,1H3,(H,19,22)/p+1. The number of carbonyl (C=O) groups is 1. The number of hydrogen-bond donors (Lipinski definition) is 2. The summed E-state index contributed by atoms with van der Waals surface area (Å²) in [6.45, 7) is 3.65. The highest BCUT2D eigenvalue weighted by Gasteiger charge is 2.13. The van der Waals surface area contributed by atoms with Gasteiger partial charge in [0.15, 0.2) is 6.54 Å². The second kappa shape index (κ2) is 7.62. The van der Waals surface area contributed by atoms with Crippen molar-refractivity contribution in [2.75, 3.05) is 36.9 Å². The number of thiophene rings is 1. The van der Waals surface area contributed by atoms with Crippen molar-refractivity contribution in [3.8, 4) is 0 Å². The molecule has 1 unspecified atom stereocenters. The Morgan fingerprint density at radius 3 is 2.61 bits per heavy atom. The Kier molecular flexibility index (Phi) is 5.31. The van der Waals surface area contributed by atoms with Gasteiger partial charge in [0, 0.05) is 24.5 Å². The Hall–Kier alpha value is -1.85. The van der Waals surface area contributed by atoms with E-state index >= 15 is 0 Å². The molecule has 1 aliphatic heterocycles.